The first-order valence-corrected chi connectivity index (χ1v) is 3.97. The highest BCUT2D eigenvalue weighted by molar-refractivity contribution is 7.99. The van der Waals surface area contributed by atoms with Crippen LogP contribution in [-0.4, -0.2) is 28.8 Å². The third-order valence-electron chi connectivity index (χ3n) is 1.38. The quantitative estimate of drug-likeness (QED) is 0.481. The van der Waals surface area contributed by atoms with Gasteiger partial charge in [-0.15, -0.1) is 0 Å². The maximum absolute atomic E-state index is 9.03. The second-order valence-electron chi connectivity index (χ2n) is 2.09. The largest absolute Gasteiger partial charge is 0.391 e. The Morgan fingerprint density at radius 3 is 2.75 bits per heavy atom. The minimum absolute atomic E-state index is 0.0382. The van der Waals surface area contributed by atoms with Crippen LogP contribution < -0.4 is 5.73 Å². The van der Waals surface area contributed by atoms with Gasteiger partial charge in [0.05, 0.1) is 6.10 Å². The molecule has 1 fully saturated rings. The van der Waals surface area contributed by atoms with Gasteiger partial charge in [-0.3, -0.25) is 0 Å². The van der Waals surface area contributed by atoms with Crippen LogP contribution in [0.15, 0.2) is 0 Å². The summed E-state index contributed by atoms with van der Waals surface area (Å²) in [6, 6.07) is 0.0382. The predicted molar refractivity (Wildman–Crippen MR) is 35.9 cm³/mol. The number of rotatable bonds is 0. The van der Waals surface area contributed by atoms with Gasteiger partial charge in [-0.2, -0.15) is 11.8 Å². The fourth-order valence-electron chi connectivity index (χ4n) is 0.739. The molecule has 1 aliphatic heterocycles. The van der Waals surface area contributed by atoms with Gasteiger partial charge in [-0.25, -0.2) is 0 Å². The van der Waals surface area contributed by atoms with Gasteiger partial charge in [0.25, 0.3) is 0 Å². The average Bonchev–Trinajstić information content (AvgIpc) is 1.77. The van der Waals surface area contributed by atoms with E-state index in [0.717, 1.165) is 17.9 Å². The van der Waals surface area contributed by atoms with Crippen LogP contribution in [0.5, 0.6) is 0 Å². The fourth-order valence-corrected chi connectivity index (χ4v) is 1.83. The zero-order valence-corrected chi connectivity index (χ0v) is 5.53. The molecule has 0 unspecified atom stereocenters. The highest BCUT2D eigenvalue weighted by Crippen LogP contribution is 2.15. The van der Waals surface area contributed by atoms with Crippen molar-refractivity contribution in [2.24, 2.45) is 5.73 Å². The van der Waals surface area contributed by atoms with Crippen molar-refractivity contribution in [3.05, 3.63) is 0 Å². The summed E-state index contributed by atoms with van der Waals surface area (Å²) < 4.78 is 0. The smallest absolute Gasteiger partial charge is 0.0781 e. The Morgan fingerprint density at radius 1 is 1.62 bits per heavy atom. The molecule has 8 heavy (non-hydrogen) atoms. The lowest BCUT2D eigenvalue weighted by atomic mass is 10.1. The van der Waals surface area contributed by atoms with E-state index in [0.29, 0.717) is 0 Å². The second-order valence-corrected chi connectivity index (χ2v) is 3.24. The van der Waals surface area contributed by atoms with Crippen molar-refractivity contribution < 1.29 is 5.11 Å². The summed E-state index contributed by atoms with van der Waals surface area (Å²) in [5, 5.41) is 9.03. The maximum atomic E-state index is 9.03. The number of hydrogen-bond donors (Lipinski definition) is 2. The molecular weight excluding hydrogens is 122 g/mol. The van der Waals surface area contributed by atoms with Gasteiger partial charge in [0, 0.05) is 11.8 Å². The summed E-state index contributed by atoms with van der Waals surface area (Å²) in [5.74, 6) is 1.93. The van der Waals surface area contributed by atoms with Gasteiger partial charge >= 0.3 is 0 Å². The van der Waals surface area contributed by atoms with Gasteiger partial charge in [0.1, 0.15) is 0 Å². The van der Waals surface area contributed by atoms with Crippen LogP contribution in [-0.2, 0) is 0 Å². The molecule has 1 aliphatic rings. The summed E-state index contributed by atoms with van der Waals surface area (Å²) >= 11 is 1.78. The summed E-state index contributed by atoms with van der Waals surface area (Å²) in [6.07, 6.45) is 0.708. The van der Waals surface area contributed by atoms with Crippen molar-refractivity contribution in [2.45, 2.75) is 18.6 Å². The first kappa shape index (κ1) is 6.39. The van der Waals surface area contributed by atoms with Gasteiger partial charge in [0.15, 0.2) is 0 Å². The third kappa shape index (κ3) is 1.37. The zero-order chi connectivity index (χ0) is 5.98. The molecule has 0 aromatic carbocycles. The second kappa shape index (κ2) is 2.71. The third-order valence-corrected chi connectivity index (χ3v) is 2.48. The monoisotopic (exact) mass is 133 g/mol. The summed E-state index contributed by atoms with van der Waals surface area (Å²) in [4.78, 5) is 0. The number of hydrogen-bond acceptors (Lipinski definition) is 3. The van der Waals surface area contributed by atoms with Crippen LogP contribution in [0.25, 0.3) is 0 Å². The minimum atomic E-state index is -0.256. The summed E-state index contributed by atoms with van der Waals surface area (Å²) in [6.45, 7) is 0. The van der Waals surface area contributed by atoms with Crippen molar-refractivity contribution in [3.8, 4) is 0 Å². The molecule has 0 aromatic rings. The van der Waals surface area contributed by atoms with E-state index in [1.165, 1.54) is 0 Å². The van der Waals surface area contributed by atoms with Crippen LogP contribution >= 0.6 is 11.8 Å². The van der Waals surface area contributed by atoms with Crippen LogP contribution in [0.3, 0.4) is 0 Å². The van der Waals surface area contributed by atoms with E-state index >= 15 is 0 Å². The molecular formula is C5H11NOS. The Hall–Kier alpha value is 0.270. The lowest BCUT2D eigenvalue weighted by molar-refractivity contribution is 0.163. The molecule has 48 valence electrons. The van der Waals surface area contributed by atoms with E-state index in [9.17, 15) is 0 Å². The Kier molecular flexibility index (Phi) is 2.16. The van der Waals surface area contributed by atoms with E-state index in [1.807, 2.05) is 0 Å². The van der Waals surface area contributed by atoms with E-state index in [2.05, 4.69) is 0 Å². The van der Waals surface area contributed by atoms with Crippen LogP contribution in [0.4, 0.5) is 0 Å². The Bertz CT molecular complexity index is 68.8. The lowest BCUT2D eigenvalue weighted by Crippen LogP contribution is -2.39. The van der Waals surface area contributed by atoms with Gasteiger partial charge in [-0.1, -0.05) is 0 Å². The van der Waals surface area contributed by atoms with Crippen molar-refractivity contribution >= 4 is 11.8 Å². The van der Waals surface area contributed by atoms with Crippen molar-refractivity contribution in [3.63, 3.8) is 0 Å². The maximum Gasteiger partial charge on any atom is 0.0781 e. The molecule has 0 amide bonds. The van der Waals surface area contributed by atoms with E-state index in [1.54, 1.807) is 11.8 Å². The molecule has 2 atom stereocenters. The SMILES string of the molecule is N[C@@H]1CCSC[C@H]1O. The Morgan fingerprint density at radius 2 is 2.38 bits per heavy atom. The number of thioether (sulfide) groups is 1. The Balaban J connectivity index is 2.28. The zero-order valence-electron chi connectivity index (χ0n) is 4.71. The molecule has 0 spiro atoms. The average molecular weight is 133 g/mol. The van der Waals surface area contributed by atoms with Crippen LogP contribution in [0, 0.1) is 0 Å². The summed E-state index contributed by atoms with van der Waals surface area (Å²) in [5.41, 5.74) is 5.51. The molecule has 3 heteroatoms. The number of aliphatic hydroxyl groups is 1. The minimum Gasteiger partial charge on any atom is -0.391 e. The summed E-state index contributed by atoms with van der Waals surface area (Å²) in [7, 11) is 0. The number of aliphatic hydroxyl groups excluding tert-OH is 1. The topological polar surface area (TPSA) is 46.2 Å². The molecule has 0 radical (unpaired) electrons. The molecule has 1 heterocycles. The molecule has 0 bridgehead atoms. The van der Waals surface area contributed by atoms with Crippen LogP contribution in [0.1, 0.15) is 6.42 Å². The van der Waals surface area contributed by atoms with Gasteiger partial charge in [-0.05, 0) is 12.2 Å². The number of nitrogens with two attached hydrogens (primary N) is 1. The first-order valence-electron chi connectivity index (χ1n) is 2.82. The molecule has 3 N–H and O–H groups in total. The molecule has 0 aliphatic carbocycles. The van der Waals surface area contributed by atoms with Crippen molar-refractivity contribution in [2.75, 3.05) is 11.5 Å². The predicted octanol–water partition coefficient (Wildman–Crippen LogP) is -0.189. The Labute approximate surface area is 53.5 Å². The molecule has 2 nitrogen and oxygen atoms in total. The van der Waals surface area contributed by atoms with E-state index in [4.69, 9.17) is 10.8 Å². The molecule has 0 saturated carbocycles. The van der Waals surface area contributed by atoms with Gasteiger partial charge in [0.2, 0.25) is 0 Å². The van der Waals surface area contributed by atoms with E-state index in [-0.39, 0.29) is 12.1 Å². The van der Waals surface area contributed by atoms with Gasteiger partial charge < -0.3 is 10.8 Å². The standard InChI is InChI=1S/C5H11NOS/c6-4-1-2-8-3-5(4)7/h4-5,7H,1-3,6H2/t4-,5-/m1/s1. The van der Waals surface area contributed by atoms with Crippen molar-refractivity contribution in [1.29, 1.82) is 0 Å². The first-order chi connectivity index (χ1) is 3.80. The van der Waals surface area contributed by atoms with E-state index < -0.39 is 0 Å². The molecule has 1 saturated heterocycles. The molecule has 0 aromatic heterocycles. The highest BCUT2D eigenvalue weighted by Gasteiger charge is 2.18. The lowest BCUT2D eigenvalue weighted by Gasteiger charge is -2.22. The van der Waals surface area contributed by atoms with Crippen molar-refractivity contribution in [1.82, 2.24) is 0 Å². The fraction of sp³-hybridized carbons (Fsp3) is 1.00. The molecule has 1 rings (SSSR count). The normalized spacial score (nSPS) is 39.8. The van der Waals surface area contributed by atoms with Crippen LogP contribution in [0.2, 0.25) is 0 Å². The highest BCUT2D eigenvalue weighted by atomic mass is 32.2.